The summed E-state index contributed by atoms with van der Waals surface area (Å²) >= 11 is 6.18. The number of nitrogens with two attached hydrogens (primary N) is 1. The second-order valence-electron chi connectivity index (χ2n) is 5.42. The number of ether oxygens (including phenoxy) is 1. The Morgan fingerprint density at radius 1 is 1.41 bits per heavy atom. The highest BCUT2D eigenvalue weighted by molar-refractivity contribution is 6.31. The molecule has 1 saturated heterocycles. The van der Waals surface area contributed by atoms with Gasteiger partial charge in [0.15, 0.2) is 0 Å². The van der Waals surface area contributed by atoms with E-state index in [4.69, 9.17) is 22.1 Å². The predicted octanol–water partition coefficient (Wildman–Crippen LogP) is 3.28. The number of nitrogens with zero attached hydrogens (tertiary/aromatic N) is 2. The fourth-order valence-corrected chi connectivity index (χ4v) is 2.78. The van der Waals surface area contributed by atoms with Gasteiger partial charge in [-0.25, -0.2) is 4.98 Å². The van der Waals surface area contributed by atoms with Crippen molar-refractivity contribution in [1.82, 2.24) is 9.97 Å². The van der Waals surface area contributed by atoms with Gasteiger partial charge in [-0.15, -0.1) is 0 Å². The molecule has 1 aromatic heterocycles. The summed E-state index contributed by atoms with van der Waals surface area (Å²) in [5, 5.41) is 3.99. The number of anilines is 2. The number of aromatic nitrogens is 2. The number of halogens is 1. The summed E-state index contributed by atoms with van der Waals surface area (Å²) < 4.78 is 5.60. The third-order valence-electron chi connectivity index (χ3n) is 3.82. The second kappa shape index (κ2) is 6.50. The SMILES string of the molecule is Cc1c(Cl)cccc1-c1cc(NCC2CCCO2)nc(N)n1. The van der Waals surface area contributed by atoms with Gasteiger partial charge in [0.05, 0.1) is 11.8 Å². The number of nitrogen functional groups attached to an aromatic ring is 1. The number of rotatable bonds is 4. The molecule has 1 atom stereocenters. The van der Waals surface area contributed by atoms with Gasteiger partial charge >= 0.3 is 0 Å². The highest BCUT2D eigenvalue weighted by Gasteiger charge is 2.16. The molecule has 22 heavy (non-hydrogen) atoms. The van der Waals surface area contributed by atoms with Gasteiger partial charge in [0.2, 0.25) is 5.95 Å². The molecule has 3 N–H and O–H groups in total. The molecular formula is C16H19ClN4O. The van der Waals surface area contributed by atoms with Gasteiger partial charge < -0.3 is 15.8 Å². The van der Waals surface area contributed by atoms with E-state index in [1.54, 1.807) is 0 Å². The zero-order valence-electron chi connectivity index (χ0n) is 12.5. The Bertz CT molecular complexity index is 671. The lowest BCUT2D eigenvalue weighted by molar-refractivity contribution is 0.120. The zero-order valence-corrected chi connectivity index (χ0v) is 13.2. The Morgan fingerprint density at radius 3 is 3.05 bits per heavy atom. The van der Waals surface area contributed by atoms with E-state index in [-0.39, 0.29) is 12.1 Å². The third kappa shape index (κ3) is 3.31. The Kier molecular flexibility index (Phi) is 4.45. The van der Waals surface area contributed by atoms with Crippen molar-refractivity contribution >= 4 is 23.4 Å². The molecule has 3 rings (SSSR count). The monoisotopic (exact) mass is 318 g/mol. The molecule has 1 aliphatic heterocycles. The van der Waals surface area contributed by atoms with E-state index < -0.39 is 0 Å². The standard InChI is InChI=1S/C16H19ClN4O/c1-10-12(5-2-6-13(10)17)14-8-15(21-16(18)20-14)19-9-11-4-3-7-22-11/h2,5-6,8,11H,3-4,7,9H2,1H3,(H3,18,19,20,21). The maximum Gasteiger partial charge on any atom is 0.222 e. The first kappa shape index (κ1) is 15.1. The summed E-state index contributed by atoms with van der Waals surface area (Å²) in [5.74, 6) is 0.948. The molecule has 2 heterocycles. The van der Waals surface area contributed by atoms with Gasteiger partial charge in [-0.1, -0.05) is 23.7 Å². The molecule has 0 amide bonds. The van der Waals surface area contributed by atoms with Crippen LogP contribution in [0.15, 0.2) is 24.3 Å². The molecule has 6 heteroatoms. The molecule has 0 radical (unpaired) electrons. The average Bonchev–Trinajstić information content (AvgIpc) is 3.01. The first-order chi connectivity index (χ1) is 10.6. The topological polar surface area (TPSA) is 73.1 Å². The van der Waals surface area contributed by atoms with E-state index >= 15 is 0 Å². The van der Waals surface area contributed by atoms with Crippen molar-refractivity contribution in [1.29, 1.82) is 0 Å². The lowest BCUT2D eigenvalue weighted by Crippen LogP contribution is -2.19. The van der Waals surface area contributed by atoms with Crippen LogP contribution in [-0.2, 0) is 4.74 Å². The minimum absolute atomic E-state index is 0.242. The quantitative estimate of drug-likeness (QED) is 0.905. The van der Waals surface area contributed by atoms with Crippen molar-refractivity contribution in [2.75, 3.05) is 24.2 Å². The van der Waals surface area contributed by atoms with Crippen LogP contribution >= 0.6 is 11.6 Å². The summed E-state index contributed by atoms with van der Waals surface area (Å²) in [5.41, 5.74) is 8.55. The van der Waals surface area contributed by atoms with Crippen LogP contribution in [0.3, 0.4) is 0 Å². The van der Waals surface area contributed by atoms with E-state index in [1.807, 2.05) is 31.2 Å². The number of hydrogen-bond acceptors (Lipinski definition) is 5. The molecule has 1 aliphatic rings. The van der Waals surface area contributed by atoms with Gasteiger partial charge in [0.25, 0.3) is 0 Å². The molecule has 1 fully saturated rings. The molecule has 0 aliphatic carbocycles. The second-order valence-corrected chi connectivity index (χ2v) is 5.83. The first-order valence-electron chi connectivity index (χ1n) is 7.39. The van der Waals surface area contributed by atoms with Crippen molar-refractivity contribution in [2.24, 2.45) is 0 Å². The maximum absolute atomic E-state index is 6.18. The fraction of sp³-hybridized carbons (Fsp3) is 0.375. The number of nitrogens with one attached hydrogen (secondary N) is 1. The van der Waals surface area contributed by atoms with Gasteiger partial charge in [-0.3, -0.25) is 0 Å². The normalized spacial score (nSPS) is 17.6. The number of benzene rings is 1. The van der Waals surface area contributed by atoms with E-state index in [9.17, 15) is 0 Å². The van der Waals surface area contributed by atoms with E-state index in [0.717, 1.165) is 42.8 Å². The van der Waals surface area contributed by atoms with Crippen molar-refractivity contribution in [3.8, 4) is 11.3 Å². The van der Waals surface area contributed by atoms with Gasteiger partial charge in [0, 0.05) is 29.8 Å². The molecule has 0 spiro atoms. The third-order valence-corrected chi connectivity index (χ3v) is 4.23. The Labute approximate surface area is 134 Å². The minimum atomic E-state index is 0.242. The summed E-state index contributed by atoms with van der Waals surface area (Å²) in [6.45, 7) is 3.53. The van der Waals surface area contributed by atoms with E-state index in [0.29, 0.717) is 10.8 Å². The van der Waals surface area contributed by atoms with E-state index in [1.165, 1.54) is 0 Å². The molecule has 0 saturated carbocycles. The Balaban J connectivity index is 1.84. The molecule has 0 bridgehead atoms. The van der Waals surface area contributed by atoms with Crippen molar-refractivity contribution in [3.63, 3.8) is 0 Å². The summed E-state index contributed by atoms with van der Waals surface area (Å²) in [6.07, 6.45) is 2.44. The summed E-state index contributed by atoms with van der Waals surface area (Å²) in [4.78, 5) is 8.56. The number of hydrogen-bond donors (Lipinski definition) is 2. The first-order valence-corrected chi connectivity index (χ1v) is 7.77. The zero-order chi connectivity index (χ0) is 15.5. The van der Waals surface area contributed by atoms with Crippen LogP contribution in [0.2, 0.25) is 5.02 Å². The van der Waals surface area contributed by atoms with Crippen LogP contribution in [0, 0.1) is 6.92 Å². The van der Waals surface area contributed by atoms with Crippen LogP contribution < -0.4 is 11.1 Å². The Morgan fingerprint density at radius 2 is 2.27 bits per heavy atom. The fourth-order valence-electron chi connectivity index (χ4n) is 2.60. The largest absolute Gasteiger partial charge is 0.376 e. The lowest BCUT2D eigenvalue weighted by atomic mass is 10.1. The van der Waals surface area contributed by atoms with Gasteiger partial charge in [-0.05, 0) is 31.4 Å². The highest BCUT2D eigenvalue weighted by Crippen LogP contribution is 2.28. The summed E-state index contributed by atoms with van der Waals surface area (Å²) in [6, 6.07) is 7.64. The lowest BCUT2D eigenvalue weighted by Gasteiger charge is -2.13. The molecule has 1 unspecified atom stereocenters. The van der Waals surface area contributed by atoms with Gasteiger partial charge in [0.1, 0.15) is 5.82 Å². The average molecular weight is 319 g/mol. The molecule has 5 nitrogen and oxygen atoms in total. The maximum atomic E-state index is 6.18. The predicted molar refractivity (Wildman–Crippen MR) is 89.1 cm³/mol. The van der Waals surface area contributed by atoms with Crippen LogP contribution in [0.4, 0.5) is 11.8 Å². The molecular weight excluding hydrogens is 300 g/mol. The highest BCUT2D eigenvalue weighted by atomic mass is 35.5. The minimum Gasteiger partial charge on any atom is -0.376 e. The van der Waals surface area contributed by atoms with Crippen LogP contribution in [0.1, 0.15) is 18.4 Å². The summed E-state index contributed by atoms with van der Waals surface area (Å²) in [7, 11) is 0. The molecule has 116 valence electrons. The van der Waals surface area contributed by atoms with Crippen molar-refractivity contribution in [3.05, 3.63) is 34.9 Å². The molecule has 1 aromatic carbocycles. The van der Waals surface area contributed by atoms with E-state index in [2.05, 4.69) is 15.3 Å². The van der Waals surface area contributed by atoms with Crippen molar-refractivity contribution < 1.29 is 4.74 Å². The van der Waals surface area contributed by atoms with Crippen LogP contribution in [0.5, 0.6) is 0 Å². The Hall–Kier alpha value is -1.85. The van der Waals surface area contributed by atoms with Crippen LogP contribution in [-0.4, -0.2) is 29.2 Å². The molecule has 2 aromatic rings. The van der Waals surface area contributed by atoms with Crippen LogP contribution in [0.25, 0.3) is 11.3 Å². The smallest absolute Gasteiger partial charge is 0.222 e. The van der Waals surface area contributed by atoms with Crippen molar-refractivity contribution in [2.45, 2.75) is 25.9 Å². The van der Waals surface area contributed by atoms with Gasteiger partial charge in [-0.2, -0.15) is 4.98 Å².